The number of phenols is 1. The molecular weight excluding hydrogens is 189 g/mol. The fourth-order valence-corrected chi connectivity index (χ4v) is 1.24. The zero-order valence-corrected chi connectivity index (χ0v) is 8.00. The van der Waals surface area contributed by atoms with Crippen molar-refractivity contribution in [1.29, 1.82) is 0 Å². The Morgan fingerprint density at radius 3 is 2.71 bits per heavy atom. The van der Waals surface area contributed by atoms with Gasteiger partial charge in [-0.2, -0.15) is 0 Å². The molecule has 3 N–H and O–H groups in total. The summed E-state index contributed by atoms with van der Waals surface area (Å²) in [7, 11) is 1.28. The molecule has 1 aromatic rings. The fourth-order valence-electron chi connectivity index (χ4n) is 1.24. The molecule has 0 bridgehead atoms. The van der Waals surface area contributed by atoms with E-state index in [1.807, 2.05) is 0 Å². The van der Waals surface area contributed by atoms with Crippen LogP contribution in [0.4, 0.5) is 4.39 Å². The van der Waals surface area contributed by atoms with E-state index in [1.165, 1.54) is 13.2 Å². The van der Waals surface area contributed by atoms with Crippen LogP contribution in [0.25, 0.3) is 0 Å². The van der Waals surface area contributed by atoms with Crippen LogP contribution in [0.2, 0.25) is 0 Å². The van der Waals surface area contributed by atoms with Crippen LogP contribution in [0.1, 0.15) is 11.1 Å². The molecule has 14 heavy (non-hydrogen) atoms. The van der Waals surface area contributed by atoms with E-state index < -0.39 is 5.82 Å². The molecule has 0 aromatic heterocycles. The first-order valence-corrected chi connectivity index (χ1v) is 3.98. The Kier molecular flexibility index (Phi) is 3.27. The smallest absolute Gasteiger partial charge is 0.196 e. The Hall–Kier alpha value is -1.33. The van der Waals surface area contributed by atoms with Gasteiger partial charge in [0, 0.05) is 5.56 Å². The number of ether oxygens (including phenoxy) is 1. The van der Waals surface area contributed by atoms with Gasteiger partial charge in [0.1, 0.15) is 0 Å². The number of methoxy groups -OCH3 is 1. The van der Waals surface area contributed by atoms with Crippen LogP contribution in [0.15, 0.2) is 6.07 Å². The average Bonchev–Trinajstić information content (AvgIpc) is 2.12. The van der Waals surface area contributed by atoms with Crippen molar-refractivity contribution in [2.45, 2.75) is 13.5 Å². The highest BCUT2D eigenvalue weighted by atomic mass is 19.1. The van der Waals surface area contributed by atoms with Gasteiger partial charge in [-0.25, -0.2) is 10.3 Å². The zero-order chi connectivity index (χ0) is 10.7. The summed E-state index contributed by atoms with van der Waals surface area (Å²) in [6.45, 7) is 1.66. The maximum absolute atomic E-state index is 13.2. The quantitative estimate of drug-likeness (QED) is 0.722. The maximum Gasteiger partial charge on any atom is 0.196 e. The van der Waals surface area contributed by atoms with E-state index >= 15 is 0 Å². The van der Waals surface area contributed by atoms with E-state index in [9.17, 15) is 9.50 Å². The molecule has 4 nitrogen and oxygen atoms in total. The summed E-state index contributed by atoms with van der Waals surface area (Å²) in [6.07, 6.45) is 0. The van der Waals surface area contributed by atoms with E-state index in [2.05, 4.69) is 4.84 Å². The first-order valence-electron chi connectivity index (χ1n) is 3.98. The Morgan fingerprint density at radius 1 is 1.57 bits per heavy atom. The number of halogens is 1. The second kappa shape index (κ2) is 4.26. The molecule has 0 spiro atoms. The lowest BCUT2D eigenvalue weighted by atomic mass is 10.1. The number of benzene rings is 1. The maximum atomic E-state index is 13.2. The van der Waals surface area contributed by atoms with Crippen LogP contribution in [0.3, 0.4) is 0 Å². The second-order valence-electron chi connectivity index (χ2n) is 2.85. The number of rotatable bonds is 3. The molecule has 0 heterocycles. The number of nitrogens with two attached hydrogens (primary N) is 1. The lowest BCUT2D eigenvalue weighted by molar-refractivity contribution is 0.121. The summed E-state index contributed by atoms with van der Waals surface area (Å²) in [5.41, 5.74) is 0.983. The Morgan fingerprint density at radius 2 is 2.21 bits per heavy atom. The minimum Gasteiger partial charge on any atom is -0.504 e. The first-order chi connectivity index (χ1) is 6.61. The van der Waals surface area contributed by atoms with Crippen LogP contribution >= 0.6 is 0 Å². The third-order valence-electron chi connectivity index (χ3n) is 1.97. The molecule has 0 amide bonds. The summed E-state index contributed by atoms with van der Waals surface area (Å²) in [4.78, 5) is 4.39. The van der Waals surface area contributed by atoms with Crippen molar-refractivity contribution in [3.63, 3.8) is 0 Å². The molecule has 0 atom stereocenters. The van der Waals surface area contributed by atoms with E-state index in [0.29, 0.717) is 11.1 Å². The third kappa shape index (κ3) is 1.78. The second-order valence-corrected chi connectivity index (χ2v) is 2.85. The number of hydrogen-bond donors (Lipinski definition) is 2. The first kappa shape index (κ1) is 10.7. The lowest BCUT2D eigenvalue weighted by Gasteiger charge is -2.11. The molecular formula is C9H12FNO3. The summed E-state index contributed by atoms with van der Waals surface area (Å²) in [6, 6.07) is 1.26. The Balaban J connectivity index is 3.28. The molecule has 0 aliphatic rings. The van der Waals surface area contributed by atoms with Crippen molar-refractivity contribution in [2.24, 2.45) is 5.90 Å². The van der Waals surface area contributed by atoms with Crippen molar-refractivity contribution in [1.82, 2.24) is 0 Å². The van der Waals surface area contributed by atoms with Gasteiger partial charge in [-0.3, -0.25) is 4.84 Å². The van der Waals surface area contributed by atoms with E-state index in [1.54, 1.807) is 6.92 Å². The van der Waals surface area contributed by atoms with Crippen LogP contribution in [0, 0.1) is 12.7 Å². The lowest BCUT2D eigenvalue weighted by Crippen LogP contribution is -2.03. The van der Waals surface area contributed by atoms with Crippen LogP contribution < -0.4 is 10.6 Å². The largest absolute Gasteiger partial charge is 0.504 e. The summed E-state index contributed by atoms with van der Waals surface area (Å²) >= 11 is 0. The highest BCUT2D eigenvalue weighted by Gasteiger charge is 2.16. The normalized spacial score (nSPS) is 10.3. The number of aryl methyl sites for hydroxylation is 1. The van der Waals surface area contributed by atoms with Crippen molar-refractivity contribution < 1.29 is 19.1 Å². The number of aromatic hydroxyl groups is 1. The van der Waals surface area contributed by atoms with Gasteiger partial charge < -0.3 is 9.84 Å². The Bertz CT molecular complexity index is 341. The molecule has 0 aliphatic heterocycles. The van der Waals surface area contributed by atoms with Crippen molar-refractivity contribution in [3.05, 3.63) is 23.0 Å². The predicted octanol–water partition coefficient (Wildman–Crippen LogP) is 1.24. The highest BCUT2D eigenvalue weighted by Crippen LogP contribution is 2.35. The minimum absolute atomic E-state index is 0.00824. The van der Waals surface area contributed by atoms with E-state index in [4.69, 9.17) is 10.6 Å². The van der Waals surface area contributed by atoms with Crippen molar-refractivity contribution in [2.75, 3.05) is 7.11 Å². The molecule has 0 aliphatic carbocycles. The molecule has 78 valence electrons. The Labute approximate surface area is 81.0 Å². The summed E-state index contributed by atoms with van der Waals surface area (Å²) < 4.78 is 17.9. The van der Waals surface area contributed by atoms with E-state index in [-0.39, 0.29) is 18.1 Å². The molecule has 5 heteroatoms. The van der Waals surface area contributed by atoms with Gasteiger partial charge in [0.2, 0.25) is 0 Å². The van der Waals surface area contributed by atoms with Crippen LogP contribution in [-0.4, -0.2) is 12.2 Å². The standard InChI is InChI=1S/C9H12FNO3/c1-5-3-7(10)9(13-2)8(12)6(5)4-14-11/h3,12H,4,11H2,1-2H3. The van der Waals surface area contributed by atoms with Gasteiger partial charge in [0.05, 0.1) is 13.7 Å². The van der Waals surface area contributed by atoms with Gasteiger partial charge in [-0.15, -0.1) is 0 Å². The van der Waals surface area contributed by atoms with Gasteiger partial charge >= 0.3 is 0 Å². The average molecular weight is 201 g/mol. The van der Waals surface area contributed by atoms with Gasteiger partial charge in [-0.1, -0.05) is 0 Å². The van der Waals surface area contributed by atoms with Crippen LogP contribution in [0.5, 0.6) is 11.5 Å². The topological polar surface area (TPSA) is 64.7 Å². The van der Waals surface area contributed by atoms with Gasteiger partial charge in [0.15, 0.2) is 17.3 Å². The SMILES string of the molecule is COc1c(F)cc(C)c(CON)c1O. The molecule has 0 unspecified atom stereocenters. The summed E-state index contributed by atoms with van der Waals surface area (Å²) in [5, 5.41) is 9.58. The van der Waals surface area contributed by atoms with Crippen molar-refractivity contribution in [3.8, 4) is 11.5 Å². The third-order valence-corrected chi connectivity index (χ3v) is 1.97. The number of phenolic OH excluding ortho intramolecular Hbond substituents is 1. The fraction of sp³-hybridized carbons (Fsp3) is 0.333. The summed E-state index contributed by atoms with van der Waals surface area (Å²) in [5.74, 6) is 3.81. The highest BCUT2D eigenvalue weighted by molar-refractivity contribution is 5.50. The number of hydrogen-bond acceptors (Lipinski definition) is 4. The van der Waals surface area contributed by atoms with Gasteiger partial charge in [-0.05, 0) is 18.6 Å². The molecule has 0 saturated heterocycles. The van der Waals surface area contributed by atoms with Crippen LogP contribution in [-0.2, 0) is 11.4 Å². The zero-order valence-electron chi connectivity index (χ0n) is 8.00. The molecule has 0 saturated carbocycles. The molecule has 0 radical (unpaired) electrons. The predicted molar refractivity (Wildman–Crippen MR) is 48.3 cm³/mol. The van der Waals surface area contributed by atoms with Crippen molar-refractivity contribution >= 4 is 0 Å². The minimum atomic E-state index is -0.608. The van der Waals surface area contributed by atoms with E-state index in [0.717, 1.165) is 0 Å². The van der Waals surface area contributed by atoms with Gasteiger partial charge in [0.25, 0.3) is 0 Å². The molecule has 1 aromatic carbocycles. The molecule has 1 rings (SSSR count). The molecule has 0 fully saturated rings. The monoisotopic (exact) mass is 201 g/mol.